The van der Waals surface area contributed by atoms with Crippen molar-refractivity contribution in [2.45, 2.75) is 87.6 Å². The quantitative estimate of drug-likeness (QED) is 0.565. The molecule has 1 atom stereocenters. The van der Waals surface area contributed by atoms with Crippen molar-refractivity contribution >= 4 is 5.84 Å². The van der Waals surface area contributed by atoms with Crippen LogP contribution >= 0.6 is 0 Å². The van der Waals surface area contributed by atoms with Crippen molar-refractivity contribution in [3.63, 3.8) is 0 Å². The number of amidine groups is 1. The van der Waals surface area contributed by atoms with Crippen molar-refractivity contribution in [1.82, 2.24) is 4.90 Å². The summed E-state index contributed by atoms with van der Waals surface area (Å²) < 4.78 is 0. The Bertz CT molecular complexity index is 517. The van der Waals surface area contributed by atoms with Crippen LogP contribution in [0.2, 0.25) is 0 Å². The first kappa shape index (κ1) is 17.6. The van der Waals surface area contributed by atoms with Crippen LogP contribution in [0.3, 0.4) is 0 Å². The molecule has 0 saturated carbocycles. The summed E-state index contributed by atoms with van der Waals surface area (Å²) in [6.45, 7) is 24.5. The van der Waals surface area contributed by atoms with Crippen LogP contribution in [-0.2, 0) is 0 Å². The fraction of sp³-hybridized carbons (Fsp3) is 0.850. The van der Waals surface area contributed by atoms with Gasteiger partial charge in [-0.2, -0.15) is 0 Å². The lowest BCUT2D eigenvalue weighted by Crippen LogP contribution is -2.53. The maximum atomic E-state index is 5.43. The number of aliphatic imine (C=N–C) groups is 1. The maximum absolute atomic E-state index is 5.43. The molecule has 0 aliphatic carbocycles. The highest BCUT2D eigenvalue weighted by Crippen LogP contribution is 2.53. The normalized spacial score (nSPS) is 27.2. The standard InChI is InChI=1S/C20H36N2/c1-17(2,3)15-14-12-11-13-22(14)16(18(4,5)6)21-20(15,10)19(7,8)9/h11-13H2,1-10H3. The third-order valence-electron chi connectivity index (χ3n) is 5.36. The molecule has 2 aliphatic rings. The van der Waals surface area contributed by atoms with Gasteiger partial charge in [-0.3, -0.25) is 4.99 Å². The SMILES string of the molecule is CC(C)(C)C1=NC(C)(C(C)(C)C)C(C(C)(C)C)=C2CCCN12. The molecule has 1 saturated heterocycles. The van der Waals surface area contributed by atoms with Crippen molar-refractivity contribution in [2.24, 2.45) is 21.2 Å². The van der Waals surface area contributed by atoms with Crippen LogP contribution in [0.25, 0.3) is 0 Å². The van der Waals surface area contributed by atoms with E-state index >= 15 is 0 Å². The second-order valence-corrected chi connectivity index (χ2v) is 10.3. The first-order valence-electron chi connectivity index (χ1n) is 8.81. The van der Waals surface area contributed by atoms with Crippen LogP contribution < -0.4 is 0 Å². The molecular weight excluding hydrogens is 268 g/mol. The van der Waals surface area contributed by atoms with Crippen molar-refractivity contribution in [3.8, 4) is 0 Å². The molecule has 0 spiro atoms. The van der Waals surface area contributed by atoms with Crippen molar-refractivity contribution < 1.29 is 0 Å². The number of nitrogens with zero attached hydrogens (tertiary/aromatic N) is 2. The average molecular weight is 305 g/mol. The van der Waals surface area contributed by atoms with Gasteiger partial charge >= 0.3 is 0 Å². The summed E-state index contributed by atoms with van der Waals surface area (Å²) in [7, 11) is 0. The lowest BCUT2D eigenvalue weighted by Gasteiger charge is -2.52. The minimum absolute atomic E-state index is 0.0888. The van der Waals surface area contributed by atoms with E-state index < -0.39 is 0 Å². The predicted molar refractivity (Wildman–Crippen MR) is 97.2 cm³/mol. The fourth-order valence-corrected chi connectivity index (χ4v) is 4.06. The summed E-state index contributed by atoms with van der Waals surface area (Å²) in [6.07, 6.45) is 2.46. The minimum atomic E-state index is -0.135. The van der Waals surface area contributed by atoms with Gasteiger partial charge in [-0.25, -0.2) is 0 Å². The van der Waals surface area contributed by atoms with Crippen LogP contribution in [0, 0.1) is 16.2 Å². The van der Waals surface area contributed by atoms with E-state index in [1.165, 1.54) is 18.7 Å². The Kier molecular flexibility index (Phi) is 3.87. The molecule has 0 radical (unpaired) electrons. The highest BCUT2D eigenvalue weighted by molar-refractivity contribution is 5.91. The van der Waals surface area contributed by atoms with Gasteiger partial charge in [-0.05, 0) is 36.2 Å². The lowest BCUT2D eigenvalue weighted by molar-refractivity contribution is 0.198. The van der Waals surface area contributed by atoms with Gasteiger partial charge in [0.1, 0.15) is 5.84 Å². The number of allylic oxidation sites excluding steroid dienone is 1. The number of hydrogen-bond donors (Lipinski definition) is 0. The van der Waals surface area contributed by atoms with Gasteiger partial charge in [0.15, 0.2) is 0 Å². The van der Waals surface area contributed by atoms with Gasteiger partial charge in [0.2, 0.25) is 0 Å². The smallest absolute Gasteiger partial charge is 0.110 e. The molecule has 0 aromatic rings. The summed E-state index contributed by atoms with van der Waals surface area (Å²) >= 11 is 0. The Balaban J connectivity index is 2.77. The first-order valence-corrected chi connectivity index (χ1v) is 8.81. The van der Waals surface area contributed by atoms with Crippen LogP contribution in [0.1, 0.15) is 82.1 Å². The Morgan fingerprint density at radius 1 is 0.909 bits per heavy atom. The molecule has 2 heteroatoms. The number of hydrogen-bond acceptors (Lipinski definition) is 2. The highest BCUT2D eigenvalue weighted by atomic mass is 15.3. The summed E-state index contributed by atoms with van der Waals surface area (Å²) in [5, 5.41) is 0. The van der Waals surface area contributed by atoms with Crippen LogP contribution in [0.15, 0.2) is 16.3 Å². The van der Waals surface area contributed by atoms with Gasteiger partial charge in [-0.1, -0.05) is 62.3 Å². The van der Waals surface area contributed by atoms with E-state index in [-0.39, 0.29) is 21.8 Å². The van der Waals surface area contributed by atoms with Gasteiger partial charge in [0.05, 0.1) is 5.54 Å². The Labute approximate surface area is 138 Å². The van der Waals surface area contributed by atoms with Crippen molar-refractivity contribution in [3.05, 3.63) is 11.3 Å². The molecule has 0 aromatic heterocycles. The van der Waals surface area contributed by atoms with E-state index in [0.717, 1.165) is 6.54 Å². The molecule has 1 fully saturated rings. The third-order valence-corrected chi connectivity index (χ3v) is 5.36. The van der Waals surface area contributed by atoms with E-state index in [9.17, 15) is 0 Å². The van der Waals surface area contributed by atoms with Crippen molar-refractivity contribution in [2.75, 3.05) is 6.54 Å². The fourth-order valence-electron chi connectivity index (χ4n) is 4.06. The van der Waals surface area contributed by atoms with Crippen LogP contribution in [-0.4, -0.2) is 22.8 Å². The third kappa shape index (κ3) is 2.63. The van der Waals surface area contributed by atoms with Crippen molar-refractivity contribution in [1.29, 1.82) is 0 Å². The molecule has 22 heavy (non-hydrogen) atoms. The van der Waals surface area contributed by atoms with E-state index in [4.69, 9.17) is 4.99 Å². The molecule has 0 amide bonds. The molecule has 2 rings (SSSR count). The number of rotatable bonds is 0. The van der Waals surface area contributed by atoms with Gasteiger partial charge in [0.25, 0.3) is 0 Å². The topological polar surface area (TPSA) is 15.6 Å². The molecule has 0 aromatic carbocycles. The minimum Gasteiger partial charge on any atom is -0.333 e. The maximum Gasteiger partial charge on any atom is 0.110 e. The van der Waals surface area contributed by atoms with Gasteiger partial charge in [-0.15, -0.1) is 0 Å². The summed E-state index contributed by atoms with van der Waals surface area (Å²) in [6, 6.07) is 0. The average Bonchev–Trinajstić information content (AvgIpc) is 2.70. The molecule has 0 bridgehead atoms. The second-order valence-electron chi connectivity index (χ2n) is 10.3. The van der Waals surface area contributed by atoms with Crippen LogP contribution in [0.5, 0.6) is 0 Å². The largest absolute Gasteiger partial charge is 0.333 e. The Hall–Kier alpha value is -0.790. The number of fused-ring (bicyclic) bond motifs is 1. The monoisotopic (exact) mass is 304 g/mol. The van der Waals surface area contributed by atoms with Gasteiger partial charge in [0, 0.05) is 17.7 Å². The molecular formula is C20H36N2. The van der Waals surface area contributed by atoms with E-state index in [0.29, 0.717) is 0 Å². The summed E-state index contributed by atoms with van der Waals surface area (Å²) in [5.41, 5.74) is 3.32. The molecule has 0 N–H and O–H groups in total. The zero-order valence-corrected chi connectivity index (χ0v) is 16.5. The lowest BCUT2D eigenvalue weighted by atomic mass is 9.62. The Morgan fingerprint density at radius 2 is 1.45 bits per heavy atom. The second kappa shape index (κ2) is 4.85. The van der Waals surface area contributed by atoms with E-state index in [1.807, 2.05) is 0 Å². The highest BCUT2D eigenvalue weighted by Gasteiger charge is 2.51. The van der Waals surface area contributed by atoms with E-state index in [2.05, 4.69) is 74.1 Å². The van der Waals surface area contributed by atoms with Crippen LogP contribution in [0.4, 0.5) is 0 Å². The summed E-state index contributed by atoms with van der Waals surface area (Å²) in [4.78, 5) is 7.97. The van der Waals surface area contributed by atoms with E-state index in [1.54, 1.807) is 11.3 Å². The molecule has 2 aliphatic heterocycles. The van der Waals surface area contributed by atoms with Gasteiger partial charge < -0.3 is 4.90 Å². The zero-order valence-electron chi connectivity index (χ0n) is 16.5. The molecule has 2 nitrogen and oxygen atoms in total. The first-order chi connectivity index (χ1) is 9.69. The molecule has 1 unspecified atom stereocenters. The Morgan fingerprint density at radius 3 is 1.86 bits per heavy atom. The summed E-state index contributed by atoms with van der Waals surface area (Å²) in [5.74, 6) is 1.28. The molecule has 2 heterocycles. The predicted octanol–water partition coefficient (Wildman–Crippen LogP) is 5.65. The molecule has 126 valence electrons. The zero-order chi connectivity index (χ0) is 17.1.